The van der Waals surface area contributed by atoms with Crippen LogP contribution in [0.3, 0.4) is 0 Å². The first kappa shape index (κ1) is 16.9. The summed E-state index contributed by atoms with van der Waals surface area (Å²) in [5, 5.41) is 9.73. The lowest BCUT2D eigenvalue weighted by Gasteiger charge is -2.35. The summed E-state index contributed by atoms with van der Waals surface area (Å²) in [6, 6.07) is 5.52. The molecular weight excluding hydrogens is 310 g/mol. The Bertz CT molecular complexity index is 648. The smallest absolute Gasteiger partial charge is 0.240 e. The number of fused-ring (bicyclic) bond motifs is 1. The molecule has 1 aromatic rings. The third kappa shape index (κ3) is 3.78. The van der Waals surface area contributed by atoms with Crippen molar-refractivity contribution in [2.24, 2.45) is 5.41 Å². The van der Waals surface area contributed by atoms with Crippen LogP contribution in [0, 0.1) is 5.41 Å². The van der Waals surface area contributed by atoms with Crippen LogP contribution in [0.1, 0.15) is 56.1 Å². The summed E-state index contributed by atoms with van der Waals surface area (Å²) in [7, 11) is -3.50. The molecule has 0 amide bonds. The minimum atomic E-state index is -3.50. The summed E-state index contributed by atoms with van der Waals surface area (Å²) in [6.07, 6.45) is 9.47. The molecule has 5 heteroatoms. The standard InChI is InChI=1S/C18H27NO3S/c20-14-18(10-4-1-5-11-18)13-19-23(21,22)17-9-8-15-6-2-3-7-16(15)12-17/h8-9,12,19-20H,1-7,10-11,13-14H2. The summed E-state index contributed by atoms with van der Waals surface area (Å²) in [5.41, 5.74) is 2.18. The maximum atomic E-state index is 12.6. The number of nitrogens with one attached hydrogen (secondary N) is 1. The predicted molar refractivity (Wildman–Crippen MR) is 90.9 cm³/mol. The molecule has 0 bridgehead atoms. The monoisotopic (exact) mass is 337 g/mol. The Labute approximate surface area is 139 Å². The van der Waals surface area contributed by atoms with Gasteiger partial charge in [-0.1, -0.05) is 25.3 Å². The van der Waals surface area contributed by atoms with Crippen molar-refractivity contribution in [3.63, 3.8) is 0 Å². The zero-order chi connectivity index (χ0) is 16.3. The van der Waals surface area contributed by atoms with E-state index in [9.17, 15) is 13.5 Å². The average molecular weight is 337 g/mol. The highest BCUT2D eigenvalue weighted by Crippen LogP contribution is 2.35. The third-order valence-electron chi connectivity index (χ3n) is 5.52. The van der Waals surface area contributed by atoms with E-state index >= 15 is 0 Å². The van der Waals surface area contributed by atoms with Crippen LogP contribution in [-0.2, 0) is 22.9 Å². The van der Waals surface area contributed by atoms with E-state index in [0.29, 0.717) is 11.4 Å². The van der Waals surface area contributed by atoms with Gasteiger partial charge in [-0.2, -0.15) is 0 Å². The molecule has 128 valence electrons. The van der Waals surface area contributed by atoms with Crippen LogP contribution in [0.25, 0.3) is 0 Å². The second-order valence-corrected chi connectivity index (χ2v) is 8.95. The number of rotatable bonds is 5. The van der Waals surface area contributed by atoms with E-state index in [1.165, 1.54) is 24.0 Å². The molecule has 0 unspecified atom stereocenters. The van der Waals surface area contributed by atoms with Gasteiger partial charge in [0.1, 0.15) is 0 Å². The molecule has 0 heterocycles. The van der Waals surface area contributed by atoms with E-state index < -0.39 is 10.0 Å². The second kappa shape index (κ2) is 6.91. The summed E-state index contributed by atoms with van der Waals surface area (Å²) in [5.74, 6) is 0. The van der Waals surface area contributed by atoms with Crippen LogP contribution < -0.4 is 4.72 Å². The third-order valence-corrected chi connectivity index (χ3v) is 6.92. The van der Waals surface area contributed by atoms with Gasteiger partial charge in [-0.25, -0.2) is 13.1 Å². The number of aryl methyl sites for hydroxylation is 2. The number of aliphatic hydroxyl groups is 1. The minimum Gasteiger partial charge on any atom is -0.396 e. The fourth-order valence-electron chi connectivity index (χ4n) is 3.90. The van der Waals surface area contributed by atoms with Gasteiger partial charge < -0.3 is 5.11 Å². The highest BCUT2D eigenvalue weighted by molar-refractivity contribution is 7.89. The van der Waals surface area contributed by atoms with Gasteiger partial charge in [-0.05, 0) is 61.8 Å². The Kier molecular flexibility index (Phi) is 5.09. The second-order valence-electron chi connectivity index (χ2n) is 7.18. The molecule has 2 aliphatic rings. The van der Waals surface area contributed by atoms with Crippen LogP contribution in [0.5, 0.6) is 0 Å². The molecular formula is C18H27NO3S. The molecule has 0 spiro atoms. The van der Waals surface area contributed by atoms with Crippen molar-refractivity contribution in [1.29, 1.82) is 0 Å². The van der Waals surface area contributed by atoms with Crippen molar-refractivity contribution in [1.82, 2.24) is 4.72 Å². The Balaban J connectivity index is 1.73. The predicted octanol–water partition coefficient (Wildman–Crippen LogP) is 2.79. The first-order valence-electron chi connectivity index (χ1n) is 8.77. The fourth-order valence-corrected chi connectivity index (χ4v) is 5.11. The zero-order valence-electron chi connectivity index (χ0n) is 13.7. The Morgan fingerprint density at radius 3 is 2.39 bits per heavy atom. The van der Waals surface area contributed by atoms with Crippen molar-refractivity contribution in [3.05, 3.63) is 29.3 Å². The van der Waals surface area contributed by atoms with Gasteiger partial charge in [0.2, 0.25) is 10.0 Å². The van der Waals surface area contributed by atoms with E-state index in [0.717, 1.165) is 44.9 Å². The van der Waals surface area contributed by atoms with Gasteiger partial charge in [-0.3, -0.25) is 0 Å². The Morgan fingerprint density at radius 2 is 1.70 bits per heavy atom. The van der Waals surface area contributed by atoms with Gasteiger partial charge in [-0.15, -0.1) is 0 Å². The average Bonchev–Trinajstić information content (AvgIpc) is 2.60. The number of aliphatic hydroxyl groups excluding tert-OH is 1. The molecule has 1 aromatic carbocycles. The van der Waals surface area contributed by atoms with E-state index in [-0.39, 0.29) is 12.0 Å². The van der Waals surface area contributed by atoms with Gasteiger partial charge >= 0.3 is 0 Å². The number of hydrogen-bond donors (Lipinski definition) is 2. The molecule has 1 saturated carbocycles. The van der Waals surface area contributed by atoms with E-state index in [2.05, 4.69) is 4.72 Å². The number of hydrogen-bond acceptors (Lipinski definition) is 3. The molecule has 0 atom stereocenters. The molecule has 3 rings (SSSR count). The van der Waals surface area contributed by atoms with Crippen molar-refractivity contribution in [2.45, 2.75) is 62.7 Å². The van der Waals surface area contributed by atoms with Crippen LogP contribution >= 0.6 is 0 Å². The maximum absolute atomic E-state index is 12.6. The van der Waals surface area contributed by atoms with Gasteiger partial charge in [0.15, 0.2) is 0 Å². The molecule has 0 aromatic heterocycles. The van der Waals surface area contributed by atoms with Gasteiger partial charge in [0, 0.05) is 18.6 Å². The van der Waals surface area contributed by atoms with Crippen LogP contribution in [0.2, 0.25) is 0 Å². The quantitative estimate of drug-likeness (QED) is 0.868. The molecule has 1 fully saturated rings. The summed E-state index contributed by atoms with van der Waals surface area (Å²) in [6.45, 7) is 0.391. The van der Waals surface area contributed by atoms with E-state index in [1.54, 1.807) is 6.07 Å². The summed E-state index contributed by atoms with van der Waals surface area (Å²) >= 11 is 0. The van der Waals surface area contributed by atoms with Crippen LogP contribution in [-0.4, -0.2) is 26.7 Å². The lowest BCUT2D eigenvalue weighted by molar-refractivity contribution is 0.0867. The Morgan fingerprint density at radius 1 is 1.00 bits per heavy atom. The summed E-state index contributed by atoms with van der Waals surface area (Å²) < 4.78 is 28.0. The van der Waals surface area contributed by atoms with Gasteiger partial charge in [0.25, 0.3) is 0 Å². The van der Waals surface area contributed by atoms with E-state index in [1.807, 2.05) is 12.1 Å². The lowest BCUT2D eigenvalue weighted by Crippen LogP contribution is -2.41. The summed E-state index contributed by atoms with van der Waals surface area (Å²) in [4.78, 5) is 0.363. The van der Waals surface area contributed by atoms with Crippen molar-refractivity contribution in [2.75, 3.05) is 13.2 Å². The number of benzene rings is 1. The van der Waals surface area contributed by atoms with Crippen molar-refractivity contribution >= 4 is 10.0 Å². The minimum absolute atomic E-state index is 0.0553. The first-order valence-corrected chi connectivity index (χ1v) is 10.3. The first-order chi connectivity index (χ1) is 11.0. The maximum Gasteiger partial charge on any atom is 0.240 e. The molecule has 0 radical (unpaired) electrons. The fraction of sp³-hybridized carbons (Fsp3) is 0.667. The SMILES string of the molecule is O=S(=O)(NCC1(CO)CCCCC1)c1ccc2c(c1)CCCC2. The lowest BCUT2D eigenvalue weighted by atomic mass is 9.75. The molecule has 2 aliphatic carbocycles. The van der Waals surface area contributed by atoms with Crippen molar-refractivity contribution in [3.8, 4) is 0 Å². The molecule has 4 nitrogen and oxygen atoms in total. The van der Waals surface area contributed by atoms with Gasteiger partial charge in [0.05, 0.1) is 4.90 Å². The normalized spacial score (nSPS) is 20.9. The molecule has 0 saturated heterocycles. The topological polar surface area (TPSA) is 66.4 Å². The largest absolute Gasteiger partial charge is 0.396 e. The zero-order valence-corrected chi connectivity index (χ0v) is 14.5. The highest BCUT2D eigenvalue weighted by atomic mass is 32.2. The van der Waals surface area contributed by atoms with Crippen LogP contribution in [0.4, 0.5) is 0 Å². The number of sulfonamides is 1. The Hall–Kier alpha value is -0.910. The van der Waals surface area contributed by atoms with E-state index in [4.69, 9.17) is 0 Å². The van der Waals surface area contributed by atoms with Crippen LogP contribution in [0.15, 0.2) is 23.1 Å². The molecule has 0 aliphatic heterocycles. The molecule has 2 N–H and O–H groups in total. The highest BCUT2D eigenvalue weighted by Gasteiger charge is 2.33. The van der Waals surface area contributed by atoms with Crippen molar-refractivity contribution < 1.29 is 13.5 Å². The molecule has 23 heavy (non-hydrogen) atoms.